The molecule has 1 heterocycles. The second-order valence-electron chi connectivity index (χ2n) is 7.09. The Bertz CT molecular complexity index is 1040. The van der Waals surface area contributed by atoms with Gasteiger partial charge in [-0.3, -0.25) is 4.79 Å². The first-order chi connectivity index (χ1) is 14.2. The number of likely N-dealkylation sites (tertiary alicyclic amines) is 1. The molecule has 156 valence electrons. The first kappa shape index (κ1) is 21.9. The van der Waals surface area contributed by atoms with Crippen LogP contribution >= 0.6 is 23.2 Å². The van der Waals surface area contributed by atoms with Crippen LogP contribution in [0.3, 0.4) is 0 Å². The van der Waals surface area contributed by atoms with Gasteiger partial charge in [-0.05, 0) is 42.3 Å². The predicted octanol–water partition coefficient (Wildman–Crippen LogP) is 4.61. The van der Waals surface area contributed by atoms with E-state index < -0.39 is 17.8 Å². The molecule has 2 aromatic carbocycles. The molecular formula is C21H18Cl2FN3O3. The van der Waals surface area contributed by atoms with Crippen molar-refractivity contribution >= 4 is 35.2 Å². The normalized spacial score (nSPS) is 18.6. The molecule has 1 N–H and O–H groups in total. The third-order valence-corrected chi connectivity index (χ3v) is 6.10. The molecule has 2 amide bonds. The van der Waals surface area contributed by atoms with Gasteiger partial charge in [0.25, 0.3) is 5.91 Å². The zero-order chi connectivity index (χ0) is 22.0. The molecule has 2 atom stereocenters. The Labute approximate surface area is 183 Å². The van der Waals surface area contributed by atoms with Crippen LogP contribution in [0.25, 0.3) is 0 Å². The van der Waals surface area contributed by atoms with Crippen molar-refractivity contribution in [1.82, 2.24) is 9.80 Å². The van der Waals surface area contributed by atoms with Crippen LogP contribution in [0, 0.1) is 17.1 Å². The van der Waals surface area contributed by atoms with E-state index in [1.165, 1.54) is 21.9 Å². The Hall–Kier alpha value is -2.82. The van der Waals surface area contributed by atoms with Crippen LogP contribution in [0.15, 0.2) is 36.4 Å². The molecule has 0 unspecified atom stereocenters. The van der Waals surface area contributed by atoms with E-state index in [0.717, 1.165) is 11.6 Å². The van der Waals surface area contributed by atoms with Gasteiger partial charge in [-0.15, -0.1) is 0 Å². The number of hydrogen-bond acceptors (Lipinski definition) is 3. The van der Waals surface area contributed by atoms with Crippen LogP contribution in [0.5, 0.6) is 0 Å². The maximum absolute atomic E-state index is 14.4. The number of nitrogens with zero attached hydrogens (tertiary/aromatic N) is 3. The highest BCUT2D eigenvalue weighted by atomic mass is 35.5. The van der Waals surface area contributed by atoms with E-state index in [-0.39, 0.29) is 36.2 Å². The molecule has 6 nitrogen and oxygen atoms in total. The molecule has 2 aromatic rings. The van der Waals surface area contributed by atoms with E-state index in [2.05, 4.69) is 0 Å². The van der Waals surface area contributed by atoms with Crippen molar-refractivity contribution in [3.05, 3.63) is 69.0 Å². The number of likely N-dealkylation sites (N-methyl/N-ethyl adjacent to an activating group) is 1. The van der Waals surface area contributed by atoms with Crippen molar-refractivity contribution in [2.24, 2.45) is 0 Å². The molecule has 0 bridgehead atoms. The lowest BCUT2D eigenvalue weighted by Crippen LogP contribution is -2.51. The summed E-state index contributed by atoms with van der Waals surface area (Å²) in [6, 6.07) is 10.2. The zero-order valence-electron chi connectivity index (χ0n) is 16.0. The highest BCUT2D eigenvalue weighted by Gasteiger charge is 2.37. The molecule has 1 aliphatic heterocycles. The number of rotatable bonds is 3. The Morgan fingerprint density at radius 2 is 1.97 bits per heavy atom. The van der Waals surface area contributed by atoms with E-state index in [1.807, 2.05) is 6.07 Å². The number of carbonyl (C=O) groups is 2. The Morgan fingerprint density at radius 3 is 2.57 bits per heavy atom. The van der Waals surface area contributed by atoms with Crippen LogP contribution in [-0.2, 0) is 0 Å². The molecule has 0 aliphatic carbocycles. The summed E-state index contributed by atoms with van der Waals surface area (Å²) in [5.41, 5.74) is 0.709. The van der Waals surface area contributed by atoms with Gasteiger partial charge in [-0.25, -0.2) is 9.18 Å². The molecule has 0 aromatic heterocycles. The SMILES string of the molecule is CN(C(=O)c1ccc(C#N)cc1F)[C@@H]1CCN(C(=O)O)C[C@H]1c1ccc(Cl)c(Cl)c1. The molecule has 30 heavy (non-hydrogen) atoms. The minimum Gasteiger partial charge on any atom is -0.465 e. The molecule has 1 fully saturated rings. The van der Waals surface area contributed by atoms with Gasteiger partial charge in [0.1, 0.15) is 5.82 Å². The van der Waals surface area contributed by atoms with Crippen LogP contribution < -0.4 is 0 Å². The number of nitriles is 1. The Morgan fingerprint density at radius 1 is 1.23 bits per heavy atom. The van der Waals surface area contributed by atoms with Crippen LogP contribution in [-0.4, -0.2) is 53.1 Å². The van der Waals surface area contributed by atoms with Crippen LogP contribution in [0.1, 0.15) is 33.8 Å². The fourth-order valence-electron chi connectivity index (χ4n) is 3.75. The second kappa shape index (κ2) is 8.90. The van der Waals surface area contributed by atoms with E-state index in [1.54, 1.807) is 25.2 Å². The average molecular weight is 450 g/mol. The summed E-state index contributed by atoms with van der Waals surface area (Å²) in [5, 5.41) is 19.0. The molecule has 0 spiro atoms. The summed E-state index contributed by atoms with van der Waals surface area (Å²) in [4.78, 5) is 27.2. The molecule has 3 rings (SSSR count). The second-order valence-corrected chi connectivity index (χ2v) is 7.90. The third kappa shape index (κ3) is 4.35. The molecule has 0 radical (unpaired) electrons. The smallest absolute Gasteiger partial charge is 0.407 e. The van der Waals surface area contributed by atoms with Gasteiger partial charge >= 0.3 is 6.09 Å². The lowest BCUT2D eigenvalue weighted by Gasteiger charge is -2.42. The lowest BCUT2D eigenvalue weighted by atomic mass is 9.85. The van der Waals surface area contributed by atoms with Gasteiger partial charge in [0.2, 0.25) is 0 Å². The van der Waals surface area contributed by atoms with E-state index in [9.17, 15) is 19.1 Å². The number of benzene rings is 2. The van der Waals surface area contributed by atoms with Gasteiger partial charge in [0.15, 0.2) is 0 Å². The van der Waals surface area contributed by atoms with Crippen molar-refractivity contribution < 1.29 is 19.1 Å². The van der Waals surface area contributed by atoms with E-state index in [4.69, 9.17) is 28.5 Å². The number of piperidine rings is 1. The molecule has 9 heteroatoms. The van der Waals surface area contributed by atoms with Crippen LogP contribution in [0.4, 0.5) is 9.18 Å². The van der Waals surface area contributed by atoms with Gasteiger partial charge in [-0.1, -0.05) is 29.3 Å². The van der Waals surface area contributed by atoms with Crippen molar-refractivity contribution in [2.75, 3.05) is 20.1 Å². The van der Waals surface area contributed by atoms with Crippen molar-refractivity contribution in [3.8, 4) is 6.07 Å². The number of carboxylic acid groups (broad SMARTS) is 1. The summed E-state index contributed by atoms with van der Waals surface area (Å²) in [6.45, 7) is 0.400. The van der Waals surface area contributed by atoms with Crippen molar-refractivity contribution in [2.45, 2.75) is 18.4 Å². The Kier molecular flexibility index (Phi) is 6.49. The highest BCUT2D eigenvalue weighted by molar-refractivity contribution is 6.42. The van der Waals surface area contributed by atoms with Gasteiger partial charge in [-0.2, -0.15) is 5.26 Å². The molecular weight excluding hydrogens is 432 g/mol. The van der Waals surface area contributed by atoms with Crippen LogP contribution in [0.2, 0.25) is 10.0 Å². The maximum Gasteiger partial charge on any atom is 0.407 e. The number of amides is 2. The molecule has 0 saturated carbocycles. The fourth-order valence-corrected chi connectivity index (χ4v) is 4.05. The first-order valence-corrected chi connectivity index (χ1v) is 9.88. The predicted molar refractivity (Wildman–Crippen MR) is 110 cm³/mol. The summed E-state index contributed by atoms with van der Waals surface area (Å²) >= 11 is 12.2. The van der Waals surface area contributed by atoms with Gasteiger partial charge in [0, 0.05) is 32.1 Å². The quantitative estimate of drug-likeness (QED) is 0.740. The lowest BCUT2D eigenvalue weighted by molar-refractivity contribution is 0.0587. The molecule has 1 saturated heterocycles. The third-order valence-electron chi connectivity index (χ3n) is 5.37. The van der Waals surface area contributed by atoms with Crippen molar-refractivity contribution in [1.29, 1.82) is 5.26 Å². The zero-order valence-corrected chi connectivity index (χ0v) is 17.5. The Balaban J connectivity index is 1.94. The summed E-state index contributed by atoms with van der Waals surface area (Å²) in [5.74, 6) is -1.70. The standard InChI is InChI=1S/C21H18Cl2FN3O3/c1-26(20(28)14-4-2-12(10-25)8-18(14)24)19-6-7-27(21(29)30)11-15(19)13-3-5-16(22)17(23)9-13/h2-5,8-9,15,19H,6-7,11H2,1H3,(H,29,30)/t15-,19+/m0/s1. The highest BCUT2D eigenvalue weighted by Crippen LogP contribution is 2.34. The molecule has 1 aliphatic rings. The summed E-state index contributed by atoms with van der Waals surface area (Å²) < 4.78 is 14.4. The van der Waals surface area contributed by atoms with Gasteiger partial charge in [0.05, 0.1) is 27.2 Å². The number of halogens is 3. The summed E-state index contributed by atoms with van der Waals surface area (Å²) in [7, 11) is 1.56. The topological polar surface area (TPSA) is 84.6 Å². The number of hydrogen-bond donors (Lipinski definition) is 1. The average Bonchev–Trinajstić information content (AvgIpc) is 2.74. The largest absolute Gasteiger partial charge is 0.465 e. The van der Waals surface area contributed by atoms with Gasteiger partial charge < -0.3 is 14.9 Å². The van der Waals surface area contributed by atoms with E-state index >= 15 is 0 Å². The van der Waals surface area contributed by atoms with Crippen molar-refractivity contribution in [3.63, 3.8) is 0 Å². The van der Waals surface area contributed by atoms with E-state index in [0.29, 0.717) is 16.5 Å². The summed E-state index contributed by atoms with van der Waals surface area (Å²) in [6.07, 6.45) is -0.678. The first-order valence-electron chi connectivity index (χ1n) is 9.12. The minimum atomic E-state index is -1.05. The minimum absolute atomic E-state index is 0.121. The number of carbonyl (C=O) groups excluding carboxylic acids is 1. The monoisotopic (exact) mass is 449 g/mol. The maximum atomic E-state index is 14.4. The fraction of sp³-hybridized carbons (Fsp3) is 0.286.